The van der Waals surface area contributed by atoms with Gasteiger partial charge in [-0.05, 0) is 84.4 Å². The summed E-state index contributed by atoms with van der Waals surface area (Å²) in [6.07, 6.45) is 14.8. The molecule has 12 rings (SSSR count). The summed E-state index contributed by atoms with van der Waals surface area (Å²) in [5, 5.41) is 10.2. The number of carbonyl (C=O) groups is 4. The number of rotatable bonds is 6. The van der Waals surface area contributed by atoms with Gasteiger partial charge in [-0.3, -0.25) is 48.3 Å². The zero-order valence-electron chi connectivity index (χ0n) is 40.6. The van der Waals surface area contributed by atoms with Crippen LogP contribution in [0.25, 0.3) is 83.4 Å². The average Bonchev–Trinajstić information content (AvgIpc) is 4.11. The first-order valence-electron chi connectivity index (χ1n) is 22.7. The fourth-order valence-electron chi connectivity index (χ4n) is 8.27. The summed E-state index contributed by atoms with van der Waals surface area (Å²) in [4.78, 5) is 94.4. The smallest absolute Gasteiger partial charge is 0.229 e. The standard InChI is InChI=1S/C18H15N7O2.C16H13N7O.C14H11N7.C2H3ClO.CH4/c1-10(26)22-17-20-8-5-13(24-17)15-12-4-3-7-19-16(12)25-14(15)6-9-21-18(25)23-11(2)27;1-9(24)21-16-20-7-4-11(22-16)13-10-3-2-6-18-14(10)23-12(13)5-8-19-15(23)17;15-13-18-6-3-9(20-13)11-8-2-1-5-17-12(8)21-10(11)4-7-19-14(21)16;1-2(3)4;/h3-9H,1-2H3,(H,21,23,27)(H,20,22,24,26);2-8H,1H3,(H2,17,19)(H,20,21,22,24);1-7H,(H2,16,19)(H2,15,18,20);1H3;1H4. The van der Waals surface area contributed by atoms with Crippen molar-refractivity contribution in [2.24, 2.45) is 0 Å². The summed E-state index contributed by atoms with van der Waals surface area (Å²) >= 11 is 4.64. The van der Waals surface area contributed by atoms with E-state index in [4.69, 9.17) is 17.2 Å². The Morgan fingerprint density at radius 3 is 1.18 bits per heavy atom. The van der Waals surface area contributed by atoms with Gasteiger partial charge in [0.2, 0.25) is 58.7 Å². The quantitative estimate of drug-likeness (QED) is 0.0908. The van der Waals surface area contributed by atoms with Crippen molar-refractivity contribution in [1.29, 1.82) is 0 Å². The van der Waals surface area contributed by atoms with E-state index in [-0.39, 0.29) is 48.2 Å². The molecule has 0 aliphatic rings. The molecule has 0 aliphatic heterocycles. The van der Waals surface area contributed by atoms with Gasteiger partial charge in [-0.1, -0.05) is 7.43 Å². The van der Waals surface area contributed by atoms with Gasteiger partial charge in [0.25, 0.3) is 0 Å². The molecule has 0 atom stereocenters. The highest BCUT2D eigenvalue weighted by Crippen LogP contribution is 2.37. The van der Waals surface area contributed by atoms with Crippen molar-refractivity contribution in [2.45, 2.75) is 35.1 Å². The first kappa shape index (κ1) is 52.6. The number of fused-ring (bicyclic) bond motifs is 9. The van der Waals surface area contributed by atoms with Crippen molar-refractivity contribution < 1.29 is 19.2 Å². The zero-order chi connectivity index (χ0) is 53.6. The number of hydrogen-bond donors (Lipinski definition) is 6. The van der Waals surface area contributed by atoms with Gasteiger partial charge in [-0.25, -0.2) is 59.8 Å². The van der Waals surface area contributed by atoms with E-state index in [1.54, 1.807) is 76.7 Å². The Kier molecular flexibility index (Phi) is 15.5. The molecule has 77 heavy (non-hydrogen) atoms. The molecular formula is C51H46ClN21O4. The van der Waals surface area contributed by atoms with Crippen molar-refractivity contribution in [2.75, 3.05) is 33.2 Å². The van der Waals surface area contributed by atoms with Crippen LogP contribution in [0.15, 0.2) is 129 Å². The third-order valence-corrected chi connectivity index (χ3v) is 10.9. The largest absolute Gasteiger partial charge is 0.369 e. The van der Waals surface area contributed by atoms with Gasteiger partial charge in [0.1, 0.15) is 16.9 Å². The van der Waals surface area contributed by atoms with Gasteiger partial charge < -0.3 is 17.2 Å². The fraction of sp³-hybridized carbons (Fsp3) is 0.0980. The molecule has 12 aromatic rings. The second-order valence-electron chi connectivity index (χ2n) is 16.1. The van der Waals surface area contributed by atoms with Crippen LogP contribution in [0.2, 0.25) is 0 Å². The van der Waals surface area contributed by atoms with Crippen molar-refractivity contribution >= 4 is 120 Å². The molecule has 3 amide bonds. The Hall–Kier alpha value is -10.7. The Bertz CT molecular complexity index is 4210. The zero-order valence-corrected chi connectivity index (χ0v) is 41.3. The van der Waals surface area contributed by atoms with E-state index in [0.29, 0.717) is 40.5 Å². The maximum Gasteiger partial charge on any atom is 0.229 e. The van der Waals surface area contributed by atoms with Crippen LogP contribution in [0.5, 0.6) is 0 Å². The SMILES string of the molecule is C.CC(=O)Cl.CC(=O)Nc1nccc(-c2c3cccnc3n3c(N)nccc23)n1.CC(=O)Nc1nccc(-c2c3cccnc3n3c(NC(C)=O)nccc23)n1.Nc1nccc(-c2c3cccnc3n3c(N)nccc23)n1. The van der Waals surface area contributed by atoms with Crippen molar-refractivity contribution in [1.82, 2.24) is 73.0 Å². The molecule has 0 saturated carbocycles. The number of anilines is 6. The van der Waals surface area contributed by atoms with Crippen molar-refractivity contribution in [3.05, 3.63) is 129 Å². The number of hydrogen-bond acceptors (Lipinski definition) is 19. The van der Waals surface area contributed by atoms with Crippen molar-refractivity contribution in [3.8, 4) is 33.8 Å². The normalized spacial score (nSPS) is 10.7. The lowest BCUT2D eigenvalue weighted by atomic mass is 10.1. The molecule has 12 aromatic heterocycles. The third kappa shape index (κ3) is 11.0. The molecule has 9 N–H and O–H groups in total. The molecule has 0 aromatic carbocycles. The number of pyridine rings is 3. The minimum atomic E-state index is -0.361. The second kappa shape index (κ2) is 22.6. The number of nitrogens with one attached hydrogen (secondary N) is 3. The van der Waals surface area contributed by atoms with E-state index in [9.17, 15) is 19.2 Å². The number of nitrogens with zero attached hydrogens (tertiary/aromatic N) is 15. The maximum atomic E-state index is 11.6. The first-order chi connectivity index (χ1) is 36.7. The van der Waals surface area contributed by atoms with Gasteiger partial charge in [0.05, 0.1) is 33.6 Å². The summed E-state index contributed by atoms with van der Waals surface area (Å²) < 4.78 is 5.36. The Balaban J connectivity index is 0.000000147. The molecule has 386 valence electrons. The van der Waals surface area contributed by atoms with E-state index in [1.165, 1.54) is 27.7 Å². The number of nitrogens with two attached hydrogens (primary N) is 3. The highest BCUT2D eigenvalue weighted by atomic mass is 35.5. The van der Waals surface area contributed by atoms with Gasteiger partial charge in [0.15, 0.2) is 0 Å². The maximum absolute atomic E-state index is 11.6. The Morgan fingerprint density at radius 2 is 0.779 bits per heavy atom. The number of aromatic nitrogens is 15. The average molecular weight is 1050 g/mol. The first-order valence-corrected chi connectivity index (χ1v) is 23.0. The number of halogens is 1. The van der Waals surface area contributed by atoms with Crippen LogP contribution < -0.4 is 33.2 Å². The predicted molar refractivity (Wildman–Crippen MR) is 294 cm³/mol. The summed E-state index contributed by atoms with van der Waals surface area (Å²) in [6.45, 7) is 5.52. The van der Waals surface area contributed by atoms with E-state index in [1.807, 2.05) is 65.1 Å². The van der Waals surface area contributed by atoms with Crippen LogP contribution in [-0.2, 0) is 19.2 Å². The van der Waals surface area contributed by atoms with Gasteiger partial charge in [0, 0.05) is 116 Å². The van der Waals surface area contributed by atoms with E-state index < -0.39 is 0 Å². The van der Waals surface area contributed by atoms with Crippen LogP contribution in [0.3, 0.4) is 0 Å². The lowest BCUT2D eigenvalue weighted by molar-refractivity contribution is -0.115. The van der Waals surface area contributed by atoms with Gasteiger partial charge >= 0.3 is 0 Å². The molecule has 25 nitrogen and oxygen atoms in total. The summed E-state index contributed by atoms with van der Waals surface area (Å²) in [6, 6.07) is 22.3. The summed E-state index contributed by atoms with van der Waals surface area (Å²) in [5.41, 5.74) is 26.9. The minimum absolute atomic E-state index is 0. The van der Waals surface area contributed by atoms with Crippen molar-refractivity contribution in [3.63, 3.8) is 0 Å². The fourth-order valence-corrected chi connectivity index (χ4v) is 8.27. The lowest BCUT2D eigenvalue weighted by Gasteiger charge is -2.06. The Morgan fingerprint density at radius 1 is 0.429 bits per heavy atom. The van der Waals surface area contributed by atoms with E-state index in [0.717, 1.165) is 60.7 Å². The van der Waals surface area contributed by atoms with Crippen LogP contribution >= 0.6 is 11.6 Å². The lowest BCUT2D eigenvalue weighted by Crippen LogP contribution is -2.11. The molecule has 12 heterocycles. The van der Waals surface area contributed by atoms with Crippen LogP contribution in [0.1, 0.15) is 35.1 Å². The number of amides is 3. The molecule has 0 unspecified atom stereocenters. The topological polar surface area (TPSA) is 350 Å². The number of nitrogen functional groups attached to an aromatic ring is 3. The Labute approximate surface area is 441 Å². The molecule has 0 spiro atoms. The van der Waals surface area contributed by atoms with Gasteiger partial charge in [-0.15, -0.1) is 0 Å². The second-order valence-corrected chi connectivity index (χ2v) is 16.7. The van der Waals surface area contributed by atoms with E-state index in [2.05, 4.69) is 87.4 Å². The predicted octanol–water partition coefficient (Wildman–Crippen LogP) is 7.05. The highest BCUT2D eigenvalue weighted by molar-refractivity contribution is 6.62. The molecule has 0 saturated heterocycles. The molecule has 26 heteroatoms. The molecule has 0 bridgehead atoms. The molecule has 0 fully saturated rings. The summed E-state index contributed by atoms with van der Waals surface area (Å²) in [5.74, 6) is 1.07. The molecular weight excluding hydrogens is 1010 g/mol. The third-order valence-electron chi connectivity index (χ3n) is 10.9. The summed E-state index contributed by atoms with van der Waals surface area (Å²) in [7, 11) is 0. The van der Waals surface area contributed by atoms with Gasteiger partial charge in [-0.2, -0.15) is 0 Å². The monoisotopic (exact) mass is 1050 g/mol. The highest BCUT2D eigenvalue weighted by Gasteiger charge is 2.21. The van der Waals surface area contributed by atoms with E-state index >= 15 is 0 Å². The van der Waals surface area contributed by atoms with Crippen LogP contribution in [0.4, 0.5) is 35.7 Å². The van der Waals surface area contributed by atoms with Crippen LogP contribution in [-0.4, -0.2) is 96.0 Å². The number of carbonyl (C=O) groups excluding carboxylic acids is 4. The van der Waals surface area contributed by atoms with Crippen LogP contribution in [0, 0.1) is 0 Å². The minimum Gasteiger partial charge on any atom is -0.369 e. The molecule has 0 radical (unpaired) electrons. The molecule has 0 aliphatic carbocycles.